The van der Waals surface area contributed by atoms with Crippen molar-refractivity contribution in [2.45, 2.75) is 6.42 Å². The quantitative estimate of drug-likeness (QED) is 0.809. The summed E-state index contributed by atoms with van der Waals surface area (Å²) >= 11 is 0. The Morgan fingerprint density at radius 1 is 0.931 bits per heavy atom. The van der Waals surface area contributed by atoms with Gasteiger partial charge in [-0.1, -0.05) is 6.07 Å². The number of rotatable bonds is 5. The van der Waals surface area contributed by atoms with Gasteiger partial charge in [-0.05, 0) is 24.3 Å². The highest BCUT2D eigenvalue weighted by Crippen LogP contribution is 2.08. The third-order valence-corrected chi connectivity index (χ3v) is 4.57. The Bertz CT molecular complexity index is 880. The second-order valence-corrected chi connectivity index (χ2v) is 6.60. The molecule has 0 atom stereocenters. The Morgan fingerprint density at radius 3 is 2.14 bits per heavy atom. The van der Waals surface area contributed by atoms with Crippen LogP contribution in [0, 0.1) is 11.6 Å². The molecule has 9 heteroatoms. The molecule has 1 fully saturated rings. The number of hydrogen-bond acceptors (Lipinski definition) is 4. The van der Waals surface area contributed by atoms with Gasteiger partial charge in [-0.2, -0.15) is 0 Å². The summed E-state index contributed by atoms with van der Waals surface area (Å²) in [5, 5.41) is 2.36. The van der Waals surface area contributed by atoms with E-state index in [0.717, 1.165) is 12.1 Å². The summed E-state index contributed by atoms with van der Waals surface area (Å²) in [5.74, 6) is -2.86. The van der Waals surface area contributed by atoms with Crippen LogP contribution in [0.25, 0.3) is 0 Å². The van der Waals surface area contributed by atoms with Crippen molar-refractivity contribution < 1.29 is 23.2 Å². The first-order valence-electron chi connectivity index (χ1n) is 9.12. The van der Waals surface area contributed by atoms with Gasteiger partial charge in [0.05, 0.1) is 13.0 Å². The fourth-order valence-corrected chi connectivity index (χ4v) is 3.03. The van der Waals surface area contributed by atoms with Crippen LogP contribution in [0.5, 0.6) is 0 Å². The van der Waals surface area contributed by atoms with Crippen LogP contribution in [0.3, 0.4) is 0 Å². The molecular formula is C20H20F2N4O3. The van der Waals surface area contributed by atoms with E-state index in [1.165, 1.54) is 4.90 Å². The number of pyridine rings is 1. The Hall–Kier alpha value is -3.36. The van der Waals surface area contributed by atoms with Gasteiger partial charge in [-0.3, -0.25) is 19.4 Å². The number of piperazine rings is 1. The number of halogens is 2. The van der Waals surface area contributed by atoms with Crippen molar-refractivity contribution in [3.63, 3.8) is 0 Å². The molecule has 3 rings (SSSR count). The first kappa shape index (κ1) is 20.4. The normalized spacial score (nSPS) is 13.9. The molecule has 29 heavy (non-hydrogen) atoms. The number of carbonyl (C=O) groups excluding carboxylic acids is 3. The molecule has 152 valence electrons. The lowest BCUT2D eigenvalue weighted by atomic mass is 10.2. The number of nitrogens with zero attached hydrogens (tertiary/aromatic N) is 3. The maximum atomic E-state index is 13.2. The molecule has 0 saturated carbocycles. The molecule has 2 heterocycles. The lowest BCUT2D eigenvalue weighted by Crippen LogP contribution is -2.52. The van der Waals surface area contributed by atoms with Crippen LogP contribution in [-0.4, -0.2) is 65.2 Å². The fraction of sp³-hybridized carbons (Fsp3) is 0.300. The minimum Gasteiger partial charge on any atom is -0.343 e. The number of amides is 3. The van der Waals surface area contributed by atoms with Crippen LogP contribution < -0.4 is 5.32 Å². The molecule has 3 amide bonds. The average Bonchev–Trinajstić information content (AvgIpc) is 2.72. The van der Waals surface area contributed by atoms with Gasteiger partial charge in [0, 0.05) is 49.7 Å². The predicted molar refractivity (Wildman–Crippen MR) is 99.8 cm³/mol. The summed E-state index contributed by atoms with van der Waals surface area (Å²) in [6.07, 6.45) is 1.83. The van der Waals surface area contributed by atoms with Gasteiger partial charge in [0.1, 0.15) is 11.6 Å². The molecule has 0 unspecified atom stereocenters. The Kier molecular flexibility index (Phi) is 6.48. The first-order chi connectivity index (χ1) is 13.9. The van der Waals surface area contributed by atoms with Gasteiger partial charge in [0.25, 0.3) is 5.91 Å². The molecule has 1 aliphatic heterocycles. The van der Waals surface area contributed by atoms with Crippen LogP contribution in [0.15, 0.2) is 42.6 Å². The molecule has 1 aliphatic rings. The van der Waals surface area contributed by atoms with Crippen LogP contribution >= 0.6 is 0 Å². The molecular weight excluding hydrogens is 382 g/mol. The Balaban J connectivity index is 1.45. The van der Waals surface area contributed by atoms with E-state index in [1.807, 2.05) is 6.07 Å². The lowest BCUT2D eigenvalue weighted by molar-refractivity contribution is -0.138. The highest BCUT2D eigenvalue weighted by atomic mass is 19.1. The van der Waals surface area contributed by atoms with E-state index >= 15 is 0 Å². The third-order valence-electron chi connectivity index (χ3n) is 4.57. The van der Waals surface area contributed by atoms with E-state index in [-0.39, 0.29) is 30.3 Å². The van der Waals surface area contributed by atoms with E-state index in [2.05, 4.69) is 10.3 Å². The summed E-state index contributed by atoms with van der Waals surface area (Å²) < 4.78 is 26.4. The van der Waals surface area contributed by atoms with Gasteiger partial charge in [0.2, 0.25) is 11.8 Å². The van der Waals surface area contributed by atoms with Crippen molar-refractivity contribution in [1.29, 1.82) is 0 Å². The molecule has 0 bridgehead atoms. The minimum atomic E-state index is -0.868. The van der Waals surface area contributed by atoms with Crippen LogP contribution in [0.2, 0.25) is 0 Å². The maximum Gasteiger partial charge on any atom is 0.251 e. The number of carbonyl (C=O) groups is 3. The summed E-state index contributed by atoms with van der Waals surface area (Å²) in [6, 6.07) is 7.84. The molecule has 1 N–H and O–H groups in total. The van der Waals surface area contributed by atoms with Gasteiger partial charge < -0.3 is 15.1 Å². The van der Waals surface area contributed by atoms with E-state index in [9.17, 15) is 23.2 Å². The van der Waals surface area contributed by atoms with E-state index < -0.39 is 17.5 Å². The summed E-state index contributed by atoms with van der Waals surface area (Å²) in [4.78, 5) is 43.9. The van der Waals surface area contributed by atoms with Crippen molar-refractivity contribution in [2.24, 2.45) is 0 Å². The fourth-order valence-electron chi connectivity index (χ4n) is 3.03. The summed E-state index contributed by atoms with van der Waals surface area (Å²) in [6.45, 7) is 1.17. The van der Waals surface area contributed by atoms with Crippen molar-refractivity contribution >= 4 is 17.7 Å². The topological polar surface area (TPSA) is 82.6 Å². The minimum absolute atomic E-state index is 0.0581. The average molecular weight is 402 g/mol. The molecule has 0 radical (unpaired) electrons. The molecule has 2 aromatic rings. The van der Waals surface area contributed by atoms with Crippen molar-refractivity contribution in [3.8, 4) is 0 Å². The highest BCUT2D eigenvalue weighted by Gasteiger charge is 2.24. The first-order valence-corrected chi connectivity index (χ1v) is 9.12. The molecule has 1 saturated heterocycles. The van der Waals surface area contributed by atoms with Gasteiger partial charge >= 0.3 is 0 Å². The zero-order chi connectivity index (χ0) is 20.8. The maximum absolute atomic E-state index is 13.2. The van der Waals surface area contributed by atoms with Gasteiger partial charge in [-0.15, -0.1) is 0 Å². The Morgan fingerprint density at radius 2 is 1.55 bits per heavy atom. The smallest absolute Gasteiger partial charge is 0.251 e. The van der Waals surface area contributed by atoms with E-state index in [4.69, 9.17) is 0 Å². The largest absolute Gasteiger partial charge is 0.343 e. The van der Waals surface area contributed by atoms with Crippen molar-refractivity contribution in [2.75, 3.05) is 32.7 Å². The van der Waals surface area contributed by atoms with Gasteiger partial charge in [0.15, 0.2) is 0 Å². The number of hydrogen-bond donors (Lipinski definition) is 1. The Labute approximate surface area is 166 Å². The van der Waals surface area contributed by atoms with Crippen molar-refractivity contribution in [3.05, 3.63) is 65.5 Å². The molecule has 0 aliphatic carbocycles. The predicted octanol–water partition coefficient (Wildman–Crippen LogP) is 1.00. The zero-order valence-corrected chi connectivity index (χ0v) is 15.6. The SMILES string of the molecule is O=C(NCC(=O)N1CCN(C(=O)Cc2ccccn2)CC1)c1cc(F)cc(F)c1. The highest BCUT2D eigenvalue weighted by molar-refractivity contribution is 5.96. The van der Waals surface area contributed by atoms with E-state index in [1.54, 1.807) is 23.2 Å². The van der Waals surface area contributed by atoms with Gasteiger partial charge in [-0.25, -0.2) is 8.78 Å². The van der Waals surface area contributed by atoms with Crippen molar-refractivity contribution in [1.82, 2.24) is 20.1 Å². The molecule has 1 aromatic heterocycles. The van der Waals surface area contributed by atoms with Crippen LogP contribution in [0.1, 0.15) is 16.1 Å². The third kappa shape index (κ3) is 5.56. The zero-order valence-electron chi connectivity index (χ0n) is 15.6. The summed E-state index contributed by atoms with van der Waals surface area (Å²) in [7, 11) is 0. The second kappa shape index (κ2) is 9.22. The van der Waals surface area contributed by atoms with E-state index in [0.29, 0.717) is 37.9 Å². The summed E-state index contributed by atoms with van der Waals surface area (Å²) in [5.41, 5.74) is 0.493. The second-order valence-electron chi connectivity index (χ2n) is 6.60. The van der Waals surface area contributed by atoms with Crippen LogP contribution in [-0.2, 0) is 16.0 Å². The molecule has 7 nitrogen and oxygen atoms in total. The van der Waals surface area contributed by atoms with Crippen LogP contribution in [0.4, 0.5) is 8.78 Å². The standard InChI is InChI=1S/C20H20F2N4O3/c21-15-9-14(10-16(22)11-15)20(29)24-13-19(28)26-7-5-25(6-8-26)18(27)12-17-3-1-2-4-23-17/h1-4,9-11H,5-8,12-13H2,(H,24,29). The molecule has 0 spiro atoms. The number of nitrogens with one attached hydrogen (secondary N) is 1. The lowest BCUT2D eigenvalue weighted by Gasteiger charge is -2.34. The monoisotopic (exact) mass is 402 g/mol. The number of benzene rings is 1. The molecule has 1 aromatic carbocycles. The number of aromatic nitrogens is 1.